The van der Waals surface area contributed by atoms with Crippen LogP contribution in [0.4, 0.5) is 5.82 Å². The standard InChI is InChI=1S/C19H25N6O5P.2C2H6/c1-14(2)29-16(26)10-24-31(27,30-15-6-4-3-5-7-15)13-28-9-8-25-12-23-17-18(20)21-11-22-19(17)25;2*1-2/h3-7,11-12,14H,8-10,13H2,1-2H3,(H,24,27)(H2,20,21,22);2*1-2H3. The number of anilines is 1. The van der Waals surface area contributed by atoms with E-state index in [1.54, 1.807) is 49.0 Å². The molecule has 35 heavy (non-hydrogen) atoms. The molecule has 2 heterocycles. The summed E-state index contributed by atoms with van der Waals surface area (Å²) in [6.45, 7) is 11.8. The number of aromatic nitrogens is 4. The fourth-order valence-electron chi connectivity index (χ4n) is 2.66. The molecule has 0 bridgehead atoms. The normalized spacial score (nSPS) is 12.1. The van der Waals surface area contributed by atoms with Gasteiger partial charge in [-0.3, -0.25) is 9.36 Å². The van der Waals surface area contributed by atoms with Gasteiger partial charge in [0, 0.05) is 6.54 Å². The predicted octanol–water partition coefficient (Wildman–Crippen LogP) is 4.25. The van der Waals surface area contributed by atoms with Crippen molar-refractivity contribution in [1.82, 2.24) is 24.6 Å². The van der Waals surface area contributed by atoms with Crippen molar-refractivity contribution in [2.24, 2.45) is 0 Å². The minimum atomic E-state index is -3.54. The molecule has 0 aliphatic heterocycles. The van der Waals surface area contributed by atoms with Gasteiger partial charge in [-0.25, -0.2) is 20.0 Å². The maximum atomic E-state index is 13.3. The Bertz CT molecular complexity index is 1060. The summed E-state index contributed by atoms with van der Waals surface area (Å²) < 4.78 is 31.3. The van der Waals surface area contributed by atoms with Crippen molar-refractivity contribution >= 4 is 30.5 Å². The van der Waals surface area contributed by atoms with Crippen LogP contribution in [0.3, 0.4) is 0 Å². The molecule has 0 amide bonds. The molecule has 12 heteroatoms. The van der Waals surface area contributed by atoms with E-state index >= 15 is 0 Å². The van der Waals surface area contributed by atoms with Crippen LogP contribution in [0.15, 0.2) is 43.0 Å². The molecule has 0 aliphatic carbocycles. The molecule has 0 fully saturated rings. The zero-order valence-corrected chi connectivity index (χ0v) is 22.2. The molecule has 0 spiro atoms. The number of imidazole rings is 1. The van der Waals surface area contributed by atoms with E-state index in [0.29, 0.717) is 29.3 Å². The summed E-state index contributed by atoms with van der Waals surface area (Å²) in [5, 5.41) is 2.66. The van der Waals surface area contributed by atoms with E-state index in [-0.39, 0.29) is 25.6 Å². The molecule has 0 aliphatic rings. The number of fused-ring (bicyclic) bond motifs is 1. The van der Waals surface area contributed by atoms with Crippen LogP contribution in [-0.2, 0) is 25.4 Å². The maximum Gasteiger partial charge on any atom is 0.342 e. The van der Waals surface area contributed by atoms with Gasteiger partial charge in [0.2, 0.25) is 0 Å². The minimum absolute atomic E-state index is 0.204. The third-order valence-electron chi connectivity index (χ3n) is 3.99. The molecule has 1 aromatic carbocycles. The number of nitrogens with two attached hydrogens (primary N) is 1. The van der Waals surface area contributed by atoms with Crippen LogP contribution in [0.1, 0.15) is 41.5 Å². The molecule has 3 N–H and O–H groups in total. The van der Waals surface area contributed by atoms with Gasteiger partial charge in [-0.1, -0.05) is 45.9 Å². The first kappa shape index (κ1) is 30.0. The van der Waals surface area contributed by atoms with Crippen molar-refractivity contribution in [3.8, 4) is 5.75 Å². The van der Waals surface area contributed by atoms with Crippen LogP contribution >= 0.6 is 7.52 Å². The monoisotopic (exact) mass is 508 g/mol. The quantitative estimate of drug-likeness (QED) is 0.219. The number of rotatable bonds is 11. The number of nitrogens with one attached hydrogen (secondary N) is 1. The molecule has 3 aromatic rings. The summed E-state index contributed by atoms with van der Waals surface area (Å²) in [7, 11) is -3.54. The van der Waals surface area contributed by atoms with Gasteiger partial charge in [-0.2, -0.15) is 0 Å². The average Bonchev–Trinajstić information content (AvgIpc) is 3.28. The van der Waals surface area contributed by atoms with Gasteiger partial charge in [0.15, 0.2) is 11.5 Å². The van der Waals surface area contributed by atoms with E-state index in [9.17, 15) is 9.36 Å². The number of nitrogens with zero attached hydrogens (tertiary/aromatic N) is 4. The smallest absolute Gasteiger partial charge is 0.342 e. The van der Waals surface area contributed by atoms with Crippen molar-refractivity contribution in [2.45, 2.75) is 54.2 Å². The van der Waals surface area contributed by atoms with Crippen LogP contribution < -0.4 is 15.3 Å². The summed E-state index contributed by atoms with van der Waals surface area (Å²) in [5.74, 6) is 0.156. The number of para-hydroxylation sites is 1. The first-order chi connectivity index (χ1) is 16.9. The number of nitrogen functional groups attached to an aromatic ring is 1. The Morgan fingerprint density at radius 2 is 1.80 bits per heavy atom. The highest BCUT2D eigenvalue weighted by Gasteiger charge is 2.26. The van der Waals surface area contributed by atoms with Crippen molar-refractivity contribution in [3.63, 3.8) is 0 Å². The van der Waals surface area contributed by atoms with Gasteiger partial charge in [-0.15, -0.1) is 0 Å². The lowest BCUT2D eigenvalue weighted by molar-refractivity contribution is -0.145. The fraction of sp³-hybridized carbons (Fsp3) is 0.478. The van der Waals surface area contributed by atoms with Gasteiger partial charge in [0.05, 0.1) is 19.0 Å². The SMILES string of the molecule is CC.CC.CC(C)OC(=O)CNP(=O)(COCCn1cnc2c(N)ncnc21)Oc1ccccc1. The lowest BCUT2D eigenvalue weighted by Crippen LogP contribution is -2.28. The Hall–Kier alpha value is -3.01. The Balaban J connectivity index is 0.00000145. The Kier molecular flexibility index (Phi) is 13.6. The van der Waals surface area contributed by atoms with Crippen molar-refractivity contribution < 1.29 is 23.4 Å². The number of hydrogen-bond donors (Lipinski definition) is 2. The van der Waals surface area contributed by atoms with Crippen LogP contribution in [0.2, 0.25) is 0 Å². The Morgan fingerprint density at radius 3 is 2.46 bits per heavy atom. The summed E-state index contributed by atoms with van der Waals surface area (Å²) in [4.78, 5) is 24.1. The van der Waals surface area contributed by atoms with E-state index in [2.05, 4.69) is 20.0 Å². The van der Waals surface area contributed by atoms with Gasteiger partial charge in [0.1, 0.15) is 30.5 Å². The largest absolute Gasteiger partial charge is 0.462 e. The van der Waals surface area contributed by atoms with Crippen LogP contribution in [0.25, 0.3) is 11.2 Å². The number of carbonyl (C=O) groups excluding carboxylic acids is 1. The van der Waals surface area contributed by atoms with Gasteiger partial charge in [0.25, 0.3) is 0 Å². The molecule has 1 atom stereocenters. The predicted molar refractivity (Wildman–Crippen MR) is 137 cm³/mol. The highest BCUT2D eigenvalue weighted by atomic mass is 31.2. The van der Waals surface area contributed by atoms with E-state index < -0.39 is 13.5 Å². The molecule has 11 nitrogen and oxygen atoms in total. The third kappa shape index (κ3) is 10.0. The van der Waals surface area contributed by atoms with Crippen molar-refractivity contribution in [2.75, 3.05) is 25.2 Å². The van der Waals surface area contributed by atoms with E-state index in [1.165, 1.54) is 6.33 Å². The van der Waals surface area contributed by atoms with Gasteiger partial charge >= 0.3 is 13.5 Å². The van der Waals surface area contributed by atoms with Gasteiger partial charge < -0.3 is 24.3 Å². The number of hydrogen-bond acceptors (Lipinski definition) is 9. The molecule has 0 radical (unpaired) electrons. The number of esters is 1. The highest BCUT2D eigenvalue weighted by molar-refractivity contribution is 7.57. The molecule has 194 valence electrons. The molecule has 2 aromatic heterocycles. The zero-order valence-electron chi connectivity index (χ0n) is 21.3. The maximum absolute atomic E-state index is 13.3. The molecule has 3 rings (SSSR count). The van der Waals surface area contributed by atoms with E-state index in [1.807, 2.05) is 33.8 Å². The zero-order chi connectivity index (χ0) is 26.3. The molecular weight excluding hydrogens is 471 g/mol. The second kappa shape index (κ2) is 15.8. The average molecular weight is 509 g/mol. The Labute approximate surface area is 206 Å². The molecular formula is C23H37N6O5P. The third-order valence-corrected chi connectivity index (χ3v) is 5.66. The topological polar surface area (TPSA) is 143 Å². The fourth-order valence-corrected chi connectivity index (χ4v) is 4.07. The van der Waals surface area contributed by atoms with E-state index in [0.717, 1.165) is 0 Å². The highest BCUT2D eigenvalue weighted by Crippen LogP contribution is 2.42. The van der Waals surface area contributed by atoms with Crippen LogP contribution in [0.5, 0.6) is 5.75 Å². The first-order valence-electron chi connectivity index (χ1n) is 11.6. The number of ether oxygens (including phenoxy) is 2. The van der Waals surface area contributed by atoms with Crippen LogP contribution in [0, 0.1) is 0 Å². The molecule has 0 saturated carbocycles. The summed E-state index contributed by atoms with van der Waals surface area (Å²) >= 11 is 0. The number of carbonyl (C=O) groups is 1. The lowest BCUT2D eigenvalue weighted by Gasteiger charge is -2.20. The summed E-state index contributed by atoms with van der Waals surface area (Å²) in [6.07, 6.45) is 2.42. The first-order valence-corrected chi connectivity index (χ1v) is 13.4. The number of benzene rings is 1. The molecule has 1 unspecified atom stereocenters. The lowest BCUT2D eigenvalue weighted by atomic mass is 10.3. The minimum Gasteiger partial charge on any atom is -0.462 e. The van der Waals surface area contributed by atoms with Crippen molar-refractivity contribution in [1.29, 1.82) is 0 Å². The summed E-state index contributed by atoms with van der Waals surface area (Å²) in [5.41, 5.74) is 6.87. The van der Waals surface area contributed by atoms with Crippen molar-refractivity contribution in [3.05, 3.63) is 43.0 Å². The van der Waals surface area contributed by atoms with Gasteiger partial charge in [-0.05, 0) is 26.0 Å². The summed E-state index contributed by atoms with van der Waals surface area (Å²) in [6, 6.07) is 8.66. The van der Waals surface area contributed by atoms with Crippen LogP contribution in [-0.4, -0.2) is 51.1 Å². The Morgan fingerprint density at radius 1 is 1.11 bits per heavy atom. The second-order valence-corrected chi connectivity index (χ2v) is 8.96. The van der Waals surface area contributed by atoms with E-state index in [4.69, 9.17) is 19.7 Å². The molecule has 0 saturated heterocycles. The second-order valence-electron chi connectivity index (χ2n) is 6.86.